The molecule has 218 valence electrons. The minimum atomic E-state index is -2.99. The second-order valence-corrected chi connectivity index (χ2v) is 9.73. The van der Waals surface area contributed by atoms with E-state index in [0.29, 0.717) is 40.9 Å². The van der Waals surface area contributed by atoms with Gasteiger partial charge >= 0.3 is 6.61 Å². The molecule has 5 rings (SSSR count). The van der Waals surface area contributed by atoms with Gasteiger partial charge < -0.3 is 14.0 Å². The Morgan fingerprint density at radius 3 is 2.50 bits per heavy atom. The number of halogens is 3. The van der Waals surface area contributed by atoms with Crippen molar-refractivity contribution in [1.82, 2.24) is 29.3 Å². The van der Waals surface area contributed by atoms with Gasteiger partial charge in [-0.25, -0.2) is 14.4 Å². The van der Waals surface area contributed by atoms with Crippen molar-refractivity contribution in [2.75, 3.05) is 12.4 Å². The van der Waals surface area contributed by atoms with Crippen LogP contribution in [0.25, 0.3) is 11.2 Å². The van der Waals surface area contributed by atoms with E-state index in [1.54, 1.807) is 35.0 Å². The Kier molecular flexibility index (Phi) is 8.39. The first-order valence-electron chi connectivity index (χ1n) is 13.0. The quantitative estimate of drug-likeness (QED) is 0.232. The number of ether oxygens (including phenoxy) is 2. The molecule has 1 amide bonds. The summed E-state index contributed by atoms with van der Waals surface area (Å²) in [4.78, 5) is 26.6. The van der Waals surface area contributed by atoms with Gasteiger partial charge in [0.15, 0.2) is 5.65 Å². The molecule has 10 nitrogen and oxygen atoms in total. The van der Waals surface area contributed by atoms with Crippen LogP contribution in [0.3, 0.4) is 0 Å². The Labute approximate surface area is 241 Å². The van der Waals surface area contributed by atoms with Gasteiger partial charge in [-0.2, -0.15) is 13.8 Å². The Balaban J connectivity index is 1.66. The van der Waals surface area contributed by atoms with E-state index in [-0.39, 0.29) is 28.8 Å². The Morgan fingerprint density at radius 1 is 1.07 bits per heavy atom. The third-order valence-electron chi connectivity index (χ3n) is 6.64. The van der Waals surface area contributed by atoms with Gasteiger partial charge in [0.2, 0.25) is 11.8 Å². The number of rotatable bonds is 10. The summed E-state index contributed by atoms with van der Waals surface area (Å²) in [5.41, 5.74) is 1.82. The molecule has 0 saturated carbocycles. The second-order valence-electron chi connectivity index (χ2n) is 9.10. The minimum absolute atomic E-state index is 0.0321. The van der Waals surface area contributed by atoms with E-state index in [4.69, 9.17) is 9.72 Å². The van der Waals surface area contributed by atoms with E-state index >= 15 is 4.39 Å². The lowest BCUT2D eigenvalue weighted by molar-refractivity contribution is -0.0498. The number of benzene rings is 2. The third-order valence-corrected chi connectivity index (χ3v) is 7.14. The summed E-state index contributed by atoms with van der Waals surface area (Å²) in [6.45, 7) is 1.77. The van der Waals surface area contributed by atoms with Gasteiger partial charge in [0, 0.05) is 18.7 Å². The maximum absolute atomic E-state index is 15.3. The number of carbonyl (C=O) groups excluding carboxylic acids is 1. The molecule has 0 aliphatic carbocycles. The molecule has 42 heavy (non-hydrogen) atoms. The number of alkyl halides is 2. The van der Waals surface area contributed by atoms with Crippen molar-refractivity contribution in [2.24, 2.45) is 0 Å². The van der Waals surface area contributed by atoms with Gasteiger partial charge in [-0.3, -0.25) is 14.8 Å². The Hall–Kier alpha value is -4.51. The predicted octanol–water partition coefficient (Wildman–Crippen LogP) is 4.74. The van der Waals surface area contributed by atoms with Crippen molar-refractivity contribution in [1.29, 1.82) is 0 Å². The maximum Gasteiger partial charge on any atom is 0.387 e. The summed E-state index contributed by atoms with van der Waals surface area (Å²) in [6, 6.07) is 12.3. The molecule has 0 aliphatic heterocycles. The van der Waals surface area contributed by atoms with Crippen molar-refractivity contribution >= 4 is 37.6 Å². The van der Waals surface area contributed by atoms with Crippen LogP contribution in [0.5, 0.6) is 11.6 Å². The average molecular weight is 598 g/mol. The molecule has 0 radical (unpaired) electrons. The molecule has 2 unspecified atom stereocenters. The van der Waals surface area contributed by atoms with Crippen LogP contribution in [0.2, 0.25) is 0 Å². The van der Waals surface area contributed by atoms with Gasteiger partial charge in [0.05, 0.1) is 18.5 Å². The number of carbonyl (C=O) groups is 1. The van der Waals surface area contributed by atoms with Crippen LogP contribution in [0.4, 0.5) is 19.1 Å². The SMILES string of the molecule is CCn1cnc(NC(=O)c2cc3c(nc2OC)nc(C(c2ccccc2F)c2ccc(OC(F)F)cc2P)n3CC)n1. The summed E-state index contributed by atoms with van der Waals surface area (Å²) in [5, 5.41) is 7.36. The van der Waals surface area contributed by atoms with Crippen molar-refractivity contribution in [3.05, 3.63) is 83.2 Å². The lowest BCUT2D eigenvalue weighted by Crippen LogP contribution is -2.18. The average Bonchev–Trinajstić information content (AvgIpc) is 3.57. The molecule has 2 aromatic carbocycles. The lowest BCUT2D eigenvalue weighted by Gasteiger charge is -2.22. The number of nitrogens with one attached hydrogen (secondary N) is 1. The zero-order chi connectivity index (χ0) is 30.0. The van der Waals surface area contributed by atoms with E-state index in [1.165, 1.54) is 31.6 Å². The van der Waals surface area contributed by atoms with Gasteiger partial charge in [-0.05, 0) is 49.0 Å². The van der Waals surface area contributed by atoms with Crippen LogP contribution < -0.4 is 20.1 Å². The van der Waals surface area contributed by atoms with Crippen molar-refractivity contribution in [2.45, 2.75) is 39.5 Å². The molecule has 0 fully saturated rings. The highest BCUT2D eigenvalue weighted by atomic mass is 31.0. The van der Waals surface area contributed by atoms with Crippen molar-refractivity contribution in [3.8, 4) is 11.6 Å². The molecule has 0 bridgehead atoms. The van der Waals surface area contributed by atoms with Crippen LogP contribution in [0.15, 0.2) is 54.9 Å². The number of pyridine rings is 1. The molecule has 14 heteroatoms. The molecule has 0 aliphatic rings. The fourth-order valence-electron chi connectivity index (χ4n) is 4.74. The van der Waals surface area contributed by atoms with Gasteiger partial charge in [-0.15, -0.1) is 14.3 Å². The third kappa shape index (κ3) is 5.64. The highest BCUT2D eigenvalue weighted by molar-refractivity contribution is 7.27. The summed E-state index contributed by atoms with van der Waals surface area (Å²) in [5.74, 6) is -1.22. The van der Waals surface area contributed by atoms with Crippen LogP contribution in [-0.2, 0) is 13.1 Å². The smallest absolute Gasteiger partial charge is 0.387 e. The number of fused-ring (bicyclic) bond motifs is 1. The van der Waals surface area contributed by atoms with Gasteiger partial charge in [0.25, 0.3) is 5.91 Å². The first-order chi connectivity index (χ1) is 20.2. The summed E-state index contributed by atoms with van der Waals surface area (Å²) in [7, 11) is 3.89. The predicted molar refractivity (Wildman–Crippen MR) is 153 cm³/mol. The summed E-state index contributed by atoms with van der Waals surface area (Å²) < 4.78 is 54.4. The highest BCUT2D eigenvalue weighted by Gasteiger charge is 2.29. The highest BCUT2D eigenvalue weighted by Crippen LogP contribution is 2.36. The Morgan fingerprint density at radius 2 is 1.86 bits per heavy atom. The molecular weight excluding hydrogens is 570 g/mol. The van der Waals surface area contributed by atoms with E-state index < -0.39 is 24.3 Å². The maximum atomic E-state index is 15.3. The number of hydrogen-bond acceptors (Lipinski definition) is 7. The number of imidazole rings is 1. The van der Waals surface area contributed by atoms with Crippen LogP contribution in [0.1, 0.15) is 47.1 Å². The summed E-state index contributed by atoms with van der Waals surface area (Å²) in [6.07, 6.45) is 1.50. The number of amides is 1. The molecule has 0 spiro atoms. The normalized spacial score (nSPS) is 12.1. The van der Waals surface area contributed by atoms with Gasteiger partial charge in [-0.1, -0.05) is 24.3 Å². The summed E-state index contributed by atoms with van der Waals surface area (Å²) >= 11 is 0. The number of aromatic nitrogens is 6. The van der Waals surface area contributed by atoms with E-state index in [2.05, 4.69) is 34.4 Å². The lowest BCUT2D eigenvalue weighted by atomic mass is 9.89. The molecule has 3 heterocycles. The minimum Gasteiger partial charge on any atom is -0.480 e. The van der Waals surface area contributed by atoms with Crippen LogP contribution in [0, 0.1) is 5.82 Å². The van der Waals surface area contributed by atoms with E-state index in [0.717, 1.165) is 0 Å². The topological polar surface area (TPSA) is 109 Å². The number of hydrogen-bond donors (Lipinski definition) is 1. The molecule has 1 N–H and O–H groups in total. The number of anilines is 1. The van der Waals surface area contributed by atoms with E-state index in [1.807, 2.05) is 18.4 Å². The second kappa shape index (κ2) is 12.2. The molecular formula is C28H27F3N7O3P. The van der Waals surface area contributed by atoms with Crippen LogP contribution in [-0.4, -0.2) is 48.9 Å². The van der Waals surface area contributed by atoms with Crippen molar-refractivity contribution in [3.63, 3.8) is 0 Å². The first kappa shape index (κ1) is 29.0. The molecule has 2 atom stereocenters. The Bertz CT molecular complexity index is 1760. The fraction of sp³-hybridized carbons (Fsp3) is 0.250. The molecule has 5 aromatic rings. The zero-order valence-corrected chi connectivity index (χ0v) is 24.0. The largest absolute Gasteiger partial charge is 0.480 e. The van der Waals surface area contributed by atoms with Gasteiger partial charge in [0.1, 0.15) is 29.3 Å². The molecule has 0 saturated heterocycles. The molecule has 3 aromatic heterocycles. The van der Waals surface area contributed by atoms with Crippen molar-refractivity contribution < 1.29 is 27.4 Å². The van der Waals surface area contributed by atoms with E-state index in [9.17, 15) is 13.6 Å². The monoisotopic (exact) mass is 597 g/mol. The van der Waals surface area contributed by atoms with Crippen LogP contribution >= 0.6 is 9.24 Å². The number of methoxy groups -OCH3 is 1. The number of aryl methyl sites for hydroxylation is 2. The number of nitrogens with zero attached hydrogens (tertiary/aromatic N) is 6. The fourth-order valence-corrected chi connectivity index (χ4v) is 5.17. The first-order valence-corrected chi connectivity index (χ1v) is 13.6. The standard InChI is InChI=1S/C28H27F3N7O3P/c1-4-37-14-32-28(36-37)35-25(39)18-13-20-23(34-26(18)40-3)33-24(38(20)5-2)22(16-8-6-7-9-19(16)29)17-11-10-15(12-21(17)42)41-27(30)31/h6-14,22,27H,4-5,42H2,1-3H3,(H,35,36,39). The zero-order valence-electron chi connectivity index (χ0n) is 22.9.